The van der Waals surface area contributed by atoms with E-state index in [1.54, 1.807) is 43.8 Å². The van der Waals surface area contributed by atoms with Crippen LogP contribution in [-0.4, -0.2) is 307 Å². The number of hydrogen-bond donors (Lipinski definition) is 14. The molecule has 0 aliphatic carbocycles. The number of carboxylic acid groups (broad SMARTS) is 1. The molecule has 0 saturated carbocycles. The molecule has 113 heavy (non-hydrogen) atoms. The van der Waals surface area contributed by atoms with Crippen molar-refractivity contribution in [2.75, 3.05) is 150 Å². The molecule has 2 unspecified atom stereocenters. The van der Waals surface area contributed by atoms with Crippen LogP contribution < -0.4 is 53.0 Å². The summed E-state index contributed by atoms with van der Waals surface area (Å²) in [5.74, 6) is -14.2. The second kappa shape index (κ2) is 50.1. The van der Waals surface area contributed by atoms with Crippen molar-refractivity contribution in [1.29, 1.82) is 0 Å². The number of aromatic nitrogens is 4. The van der Waals surface area contributed by atoms with Crippen molar-refractivity contribution in [3.05, 3.63) is 35.2 Å². The molecule has 15 N–H and O–H groups in total. The number of benzene rings is 1. The fourth-order valence-corrected chi connectivity index (χ4v) is 15.0. The number of aliphatic hydroxyl groups is 3. The predicted octanol–water partition coefficient (Wildman–Crippen LogP) is -2.99. The van der Waals surface area contributed by atoms with E-state index in [4.69, 9.17) is 48.7 Å². The fourth-order valence-electron chi connectivity index (χ4n) is 12.5. The van der Waals surface area contributed by atoms with E-state index in [2.05, 4.69) is 57.8 Å². The summed E-state index contributed by atoms with van der Waals surface area (Å²) in [6, 6.07) is -4.09. The largest absolute Gasteiger partial charge is 0.496 e. The minimum Gasteiger partial charge on any atom is -0.496 e. The predicted molar refractivity (Wildman–Crippen MR) is 405 cm³/mol. The number of nitrogens with two attached hydrogens (primary N) is 1. The number of fused-ring (bicyclic) bond motifs is 5. The van der Waals surface area contributed by atoms with Gasteiger partial charge in [-0.2, -0.15) is 11.8 Å². The van der Waals surface area contributed by atoms with Crippen molar-refractivity contribution in [2.45, 2.75) is 146 Å². The molecule has 0 radical (unpaired) electrons. The number of aromatic amines is 1. The molecule has 3 aromatic rings. The number of unbranched alkanes of at least 4 members (excludes halogenated alkanes) is 1. The SMILES string of the molecule is CC[C@H](C)[C@@H]1CC(=O)CNC(=O)[C@H]2CC(=O)[C@H]([C@@H](C)[C@@H](O)CO)NC(=O)[C@@H]3C[C@@H](O)CN3C(=O)[C@H](CC(N)=O)NC(=O)[C@H](CS(=O)c3[nH]c4c(CSCCCCNC(=O)NCCOCCOCCOCCOCCOCCOCCOCCn5cc(CNC(=O)C(C)CC(=O)O)nn5)c(OC)ccc4c3C2)NC(=O)CNC1=O. The van der Waals surface area contributed by atoms with Crippen molar-refractivity contribution >= 4 is 104 Å². The molecule has 6 rings (SSSR count). The molecular formula is C72H112N14O25S2. The zero-order valence-electron chi connectivity index (χ0n) is 64.7. The monoisotopic (exact) mass is 1640 g/mol. The summed E-state index contributed by atoms with van der Waals surface area (Å²) in [5.41, 5.74) is 7.27. The van der Waals surface area contributed by atoms with Crippen molar-refractivity contribution in [3.63, 3.8) is 0 Å². The number of thioether (sulfide) groups is 1. The van der Waals surface area contributed by atoms with Gasteiger partial charge in [0.25, 0.3) is 0 Å². The first-order valence-corrected chi connectivity index (χ1v) is 40.4. The number of H-pyrrole nitrogens is 1. The molecule has 1 fully saturated rings. The Kier molecular flexibility index (Phi) is 41.4. The van der Waals surface area contributed by atoms with Gasteiger partial charge in [-0.3, -0.25) is 56.9 Å². The lowest BCUT2D eigenvalue weighted by Gasteiger charge is -2.32. The number of urea groups is 1. The standard InChI is InChI=1S/C72H112N14O25S2/c1-6-43(2)51-32-48(88)36-77-66(97)46-30-52-50-9-10-59(104-5)53(64(50)82-70(52)113(103)42-55(79-61(93)37-78-67(51)98)68(99)80-54(34-60(73)92)71(101)86-39-49(89)33-56(86)69(100)81-63(57(90)31-46)45(4)58(91)40-87)41-112-28-8-7-11-74-72(102)75-12-14-105-16-18-107-20-22-109-24-26-111-27-25-110-23-21-108-19-17-106-15-13-85-38-47(83-84-85)35-76-65(96)44(3)29-62(94)95/h9-10,38,43-46,49,51,54-56,58,63,82,87,89,91H,6-8,11-37,39-42H2,1-5H3,(H2,73,92)(H,76,96)(H,77,97)(H,78,98)(H,79,93)(H,80,99)(H,81,100)(H,94,95)(H2,74,75,102)/t43-,44?,45-,46+,49+,51-,54-,55-,56-,58-,63-,113?/m0/s1. The van der Waals surface area contributed by atoms with Crippen molar-refractivity contribution in [1.82, 2.24) is 67.4 Å². The number of methoxy groups -OCH3 is 1. The third-order valence-electron chi connectivity index (χ3n) is 19.1. The second-order valence-corrected chi connectivity index (χ2v) is 30.2. The van der Waals surface area contributed by atoms with Gasteiger partial charge in [0.05, 0.1) is 192 Å². The summed E-state index contributed by atoms with van der Waals surface area (Å²) in [6.07, 6.45) is -2.78. The molecular weight excluding hydrogens is 1520 g/mol. The fraction of sp³-hybridized carbons (Fsp3) is 0.694. The molecule has 10 amide bonds. The number of carbonyl (C=O) groups is 12. The number of amides is 10. The second-order valence-electron chi connectivity index (χ2n) is 27.6. The Balaban J connectivity index is 0.971. The third kappa shape index (κ3) is 31.7. The molecule has 12 atom stereocenters. The minimum atomic E-state index is -2.42. The number of ketones is 2. The van der Waals surface area contributed by atoms with E-state index in [0.717, 1.165) is 4.90 Å². The van der Waals surface area contributed by atoms with Crippen molar-refractivity contribution in [3.8, 4) is 5.75 Å². The van der Waals surface area contributed by atoms with Gasteiger partial charge in [-0.25, -0.2) is 9.48 Å². The molecule has 2 bridgehead atoms. The Hall–Kier alpha value is -8.36. The van der Waals surface area contributed by atoms with Gasteiger partial charge in [0, 0.05) is 79.3 Å². The van der Waals surface area contributed by atoms with E-state index in [1.807, 2.05) is 0 Å². The van der Waals surface area contributed by atoms with Crippen LogP contribution in [-0.2, 0) is 122 Å². The summed E-state index contributed by atoms with van der Waals surface area (Å²) in [5, 5.41) is 70.1. The van der Waals surface area contributed by atoms with Crippen LogP contribution in [0, 0.1) is 29.6 Å². The Bertz CT molecular complexity index is 3650. The number of carbonyl (C=O) groups excluding carboxylic acids is 11. The van der Waals surface area contributed by atoms with Gasteiger partial charge in [0.1, 0.15) is 34.6 Å². The first-order chi connectivity index (χ1) is 54.2. The summed E-state index contributed by atoms with van der Waals surface area (Å²) in [4.78, 5) is 168. The number of primary amides is 1. The number of carboxylic acids is 1. The van der Waals surface area contributed by atoms with Gasteiger partial charge in [-0.1, -0.05) is 39.3 Å². The number of Topliss-reactive ketones (excluding diaryl/α,β-unsaturated/α-hetero) is 2. The summed E-state index contributed by atoms with van der Waals surface area (Å²) in [6.45, 7) is 9.80. The van der Waals surface area contributed by atoms with E-state index in [0.29, 0.717) is 152 Å². The lowest BCUT2D eigenvalue weighted by atomic mass is 9.85. The molecule has 1 aromatic carbocycles. The van der Waals surface area contributed by atoms with Gasteiger partial charge < -0.3 is 116 Å². The van der Waals surface area contributed by atoms with Crippen LogP contribution in [0.5, 0.6) is 5.75 Å². The molecule has 1 saturated heterocycles. The quantitative estimate of drug-likeness (QED) is 0.0251. The molecule has 39 nitrogen and oxygen atoms in total. The normalized spacial score (nSPS) is 21.5. The van der Waals surface area contributed by atoms with Crippen LogP contribution in [0.15, 0.2) is 23.4 Å². The number of ether oxygens (including phenoxy) is 8. The van der Waals surface area contributed by atoms with Gasteiger partial charge >= 0.3 is 12.0 Å². The Morgan fingerprint density at radius 1 is 0.761 bits per heavy atom. The Morgan fingerprint density at radius 2 is 1.39 bits per heavy atom. The van der Waals surface area contributed by atoms with E-state index in [1.165, 1.54) is 25.8 Å². The number of nitrogens with zero attached hydrogens (tertiary/aromatic N) is 4. The Morgan fingerprint density at radius 3 is 2.01 bits per heavy atom. The maximum Gasteiger partial charge on any atom is 0.314 e. The van der Waals surface area contributed by atoms with Crippen LogP contribution in [0.1, 0.15) is 95.9 Å². The number of nitrogens with one attached hydrogen (secondary N) is 9. The molecule has 0 spiro atoms. The number of aliphatic hydroxyl groups excluding tert-OH is 3. The minimum absolute atomic E-state index is 0.0946. The highest BCUT2D eigenvalue weighted by Gasteiger charge is 2.45. The average Bonchev–Trinajstić information content (AvgIpc) is 1.62. The molecule has 632 valence electrons. The maximum absolute atomic E-state index is 15.4. The average molecular weight is 1640 g/mol. The van der Waals surface area contributed by atoms with E-state index >= 15 is 9.00 Å². The molecule has 5 heterocycles. The molecule has 3 aliphatic rings. The molecule has 3 aliphatic heterocycles. The van der Waals surface area contributed by atoms with E-state index < -0.39 is 200 Å². The maximum atomic E-state index is 15.4. The van der Waals surface area contributed by atoms with E-state index in [-0.39, 0.29) is 54.4 Å². The lowest BCUT2D eigenvalue weighted by molar-refractivity contribution is -0.144. The highest BCUT2D eigenvalue weighted by molar-refractivity contribution is 7.98. The lowest BCUT2D eigenvalue weighted by Crippen LogP contribution is -2.60. The molecule has 2 aromatic heterocycles. The summed E-state index contributed by atoms with van der Waals surface area (Å²) in [7, 11) is -0.978. The van der Waals surface area contributed by atoms with Gasteiger partial charge in [-0.15, -0.1) is 5.10 Å². The number of aliphatic carboxylic acids is 1. The van der Waals surface area contributed by atoms with Gasteiger partial charge in [0.15, 0.2) is 11.6 Å². The summed E-state index contributed by atoms with van der Waals surface area (Å²) < 4.78 is 61.7. The summed E-state index contributed by atoms with van der Waals surface area (Å²) >= 11 is 1.50. The van der Waals surface area contributed by atoms with Gasteiger partial charge in [-0.05, 0) is 48.6 Å². The zero-order valence-corrected chi connectivity index (χ0v) is 66.3. The number of hydrogen-bond acceptors (Lipinski definition) is 27. The van der Waals surface area contributed by atoms with Crippen LogP contribution in [0.4, 0.5) is 4.79 Å². The van der Waals surface area contributed by atoms with Gasteiger partial charge in [0.2, 0.25) is 47.3 Å². The highest BCUT2D eigenvalue weighted by atomic mass is 32.2. The topological polar surface area (TPSA) is 549 Å². The third-order valence-corrected chi connectivity index (χ3v) is 21.6. The van der Waals surface area contributed by atoms with Crippen molar-refractivity contribution < 1.29 is 120 Å². The van der Waals surface area contributed by atoms with Crippen LogP contribution in [0.25, 0.3) is 10.9 Å². The van der Waals surface area contributed by atoms with Crippen LogP contribution >= 0.6 is 11.8 Å². The van der Waals surface area contributed by atoms with E-state index in [9.17, 15) is 68.1 Å². The smallest absolute Gasteiger partial charge is 0.314 e. The zero-order chi connectivity index (χ0) is 82.4. The first kappa shape index (κ1) is 93.5. The van der Waals surface area contributed by atoms with Crippen LogP contribution in [0.3, 0.4) is 0 Å². The highest BCUT2D eigenvalue weighted by Crippen LogP contribution is 2.37. The first-order valence-electron chi connectivity index (χ1n) is 37.9. The molecule has 41 heteroatoms. The number of rotatable bonds is 44. The Labute approximate surface area is 661 Å². The van der Waals surface area contributed by atoms with Crippen LogP contribution in [0.2, 0.25) is 0 Å². The van der Waals surface area contributed by atoms with Crippen molar-refractivity contribution in [2.24, 2.45) is 35.3 Å².